The van der Waals surface area contributed by atoms with Crippen molar-refractivity contribution in [2.24, 2.45) is 0 Å². The van der Waals surface area contributed by atoms with Crippen molar-refractivity contribution in [3.05, 3.63) is 30.3 Å². The van der Waals surface area contributed by atoms with Crippen molar-refractivity contribution in [2.45, 2.75) is 17.9 Å². The van der Waals surface area contributed by atoms with Gasteiger partial charge in [-0.1, -0.05) is 18.2 Å². The third kappa shape index (κ3) is 3.96. The molecule has 0 bridgehead atoms. The number of benzene rings is 1. The SMILES string of the molecule is CC(O)CNNS(=O)(=O)c1ccccc1. The standard InChI is InChI=1S/C9H14N2O3S/c1-8(12)7-10-11-15(13,14)9-5-3-2-4-6-9/h2-6,8,10-12H,7H2,1H3. The van der Waals surface area contributed by atoms with E-state index in [1.54, 1.807) is 25.1 Å². The second kappa shape index (κ2) is 5.22. The molecule has 1 aromatic carbocycles. The fourth-order valence-corrected chi connectivity index (χ4v) is 1.85. The second-order valence-electron chi connectivity index (χ2n) is 3.15. The van der Waals surface area contributed by atoms with E-state index in [9.17, 15) is 8.42 Å². The summed E-state index contributed by atoms with van der Waals surface area (Å²) in [6.07, 6.45) is -0.608. The third-order valence-electron chi connectivity index (χ3n) is 1.66. The Balaban J connectivity index is 2.61. The van der Waals surface area contributed by atoms with Gasteiger partial charge in [-0.25, -0.2) is 13.8 Å². The first-order valence-electron chi connectivity index (χ1n) is 4.50. The minimum Gasteiger partial charge on any atom is -0.392 e. The van der Waals surface area contributed by atoms with E-state index in [4.69, 9.17) is 5.11 Å². The molecule has 0 amide bonds. The molecule has 84 valence electrons. The van der Waals surface area contributed by atoms with Crippen molar-refractivity contribution in [2.75, 3.05) is 6.54 Å². The molecule has 5 nitrogen and oxygen atoms in total. The van der Waals surface area contributed by atoms with E-state index in [0.717, 1.165) is 0 Å². The van der Waals surface area contributed by atoms with Crippen LogP contribution in [0.2, 0.25) is 0 Å². The summed E-state index contributed by atoms with van der Waals surface area (Å²) >= 11 is 0. The van der Waals surface area contributed by atoms with Gasteiger partial charge in [0.05, 0.1) is 11.0 Å². The van der Waals surface area contributed by atoms with Gasteiger partial charge in [0.1, 0.15) is 0 Å². The minimum absolute atomic E-state index is 0.159. The number of hydrogen-bond donors (Lipinski definition) is 3. The number of sulfonamides is 1. The van der Waals surface area contributed by atoms with Crippen molar-refractivity contribution in [3.8, 4) is 0 Å². The van der Waals surface area contributed by atoms with Crippen molar-refractivity contribution in [3.63, 3.8) is 0 Å². The van der Waals surface area contributed by atoms with Crippen LogP contribution in [0.1, 0.15) is 6.92 Å². The van der Waals surface area contributed by atoms with Crippen molar-refractivity contribution < 1.29 is 13.5 Å². The van der Waals surface area contributed by atoms with Crippen molar-refractivity contribution >= 4 is 10.0 Å². The largest absolute Gasteiger partial charge is 0.392 e. The fourth-order valence-electron chi connectivity index (χ4n) is 0.943. The minimum atomic E-state index is -3.53. The van der Waals surface area contributed by atoms with Gasteiger partial charge in [0.25, 0.3) is 10.0 Å². The number of rotatable bonds is 5. The van der Waals surface area contributed by atoms with Crippen LogP contribution >= 0.6 is 0 Å². The summed E-state index contributed by atoms with van der Waals surface area (Å²) in [5, 5.41) is 8.92. The molecule has 0 aliphatic carbocycles. The lowest BCUT2D eigenvalue weighted by atomic mass is 10.4. The quantitative estimate of drug-likeness (QED) is 0.615. The average molecular weight is 230 g/mol. The van der Waals surface area contributed by atoms with Gasteiger partial charge in [-0.3, -0.25) is 0 Å². The Morgan fingerprint density at radius 3 is 2.47 bits per heavy atom. The zero-order chi connectivity index (χ0) is 11.3. The Bertz CT molecular complexity index is 389. The topological polar surface area (TPSA) is 78.4 Å². The summed E-state index contributed by atoms with van der Waals surface area (Å²) < 4.78 is 23.1. The highest BCUT2D eigenvalue weighted by Crippen LogP contribution is 2.05. The van der Waals surface area contributed by atoms with Gasteiger partial charge in [-0.15, -0.1) is 4.83 Å². The lowest BCUT2D eigenvalue weighted by Gasteiger charge is -2.09. The molecule has 1 atom stereocenters. The highest BCUT2D eigenvalue weighted by atomic mass is 32.2. The normalized spacial score (nSPS) is 13.7. The maximum atomic E-state index is 11.6. The molecule has 0 aromatic heterocycles. The molecule has 6 heteroatoms. The van der Waals surface area contributed by atoms with Crippen LogP contribution in [0.15, 0.2) is 35.2 Å². The Kier molecular flexibility index (Phi) is 4.22. The number of hydrogen-bond acceptors (Lipinski definition) is 4. The molecule has 0 radical (unpaired) electrons. The molecular weight excluding hydrogens is 216 g/mol. The molecule has 1 aromatic rings. The average Bonchev–Trinajstić information content (AvgIpc) is 2.18. The van der Waals surface area contributed by atoms with Gasteiger partial charge in [-0.05, 0) is 19.1 Å². The molecule has 1 rings (SSSR count). The van der Waals surface area contributed by atoms with Crippen LogP contribution < -0.4 is 10.3 Å². The maximum absolute atomic E-state index is 11.6. The molecule has 15 heavy (non-hydrogen) atoms. The Morgan fingerprint density at radius 1 is 1.33 bits per heavy atom. The van der Waals surface area contributed by atoms with Crippen LogP contribution in [-0.2, 0) is 10.0 Å². The van der Waals surface area contributed by atoms with Crippen LogP contribution in [0, 0.1) is 0 Å². The fraction of sp³-hybridized carbons (Fsp3) is 0.333. The van der Waals surface area contributed by atoms with E-state index in [1.165, 1.54) is 12.1 Å². The summed E-state index contributed by atoms with van der Waals surface area (Å²) in [6.45, 7) is 1.72. The number of aliphatic hydroxyl groups excluding tert-OH is 1. The van der Waals surface area contributed by atoms with Crippen molar-refractivity contribution in [1.82, 2.24) is 10.3 Å². The number of nitrogens with one attached hydrogen (secondary N) is 2. The molecule has 3 N–H and O–H groups in total. The zero-order valence-electron chi connectivity index (χ0n) is 8.34. The monoisotopic (exact) mass is 230 g/mol. The highest BCUT2D eigenvalue weighted by Gasteiger charge is 2.12. The molecule has 0 spiro atoms. The summed E-state index contributed by atoms with van der Waals surface area (Å²) in [5.74, 6) is 0. The van der Waals surface area contributed by atoms with E-state index >= 15 is 0 Å². The Morgan fingerprint density at radius 2 is 1.93 bits per heavy atom. The second-order valence-corrected chi connectivity index (χ2v) is 4.83. The third-order valence-corrected chi connectivity index (χ3v) is 2.96. The van der Waals surface area contributed by atoms with E-state index in [1.807, 2.05) is 0 Å². The van der Waals surface area contributed by atoms with Crippen LogP contribution in [0.25, 0.3) is 0 Å². The van der Waals surface area contributed by atoms with Crippen LogP contribution in [0.5, 0.6) is 0 Å². The molecule has 0 saturated carbocycles. The lowest BCUT2D eigenvalue weighted by molar-refractivity contribution is 0.189. The highest BCUT2D eigenvalue weighted by molar-refractivity contribution is 7.89. The molecular formula is C9H14N2O3S. The number of hydrazine groups is 1. The molecule has 0 aliphatic rings. The molecule has 0 aliphatic heterocycles. The van der Waals surface area contributed by atoms with Crippen LogP contribution in [0.4, 0.5) is 0 Å². The number of aliphatic hydroxyl groups is 1. The van der Waals surface area contributed by atoms with Crippen LogP contribution in [0.3, 0.4) is 0 Å². The van der Waals surface area contributed by atoms with Gasteiger partial charge >= 0.3 is 0 Å². The summed E-state index contributed by atoms with van der Waals surface area (Å²) in [4.78, 5) is 2.35. The van der Waals surface area contributed by atoms with Crippen LogP contribution in [-0.4, -0.2) is 26.2 Å². The van der Waals surface area contributed by atoms with Crippen molar-refractivity contribution in [1.29, 1.82) is 0 Å². The van der Waals surface area contributed by atoms with E-state index in [0.29, 0.717) is 0 Å². The predicted molar refractivity (Wildman–Crippen MR) is 56.4 cm³/mol. The van der Waals surface area contributed by atoms with E-state index in [-0.39, 0.29) is 11.4 Å². The first-order valence-corrected chi connectivity index (χ1v) is 5.98. The first-order chi connectivity index (χ1) is 7.02. The zero-order valence-corrected chi connectivity index (χ0v) is 9.16. The summed E-state index contributed by atoms with van der Waals surface area (Å²) in [7, 11) is -3.53. The first kappa shape index (κ1) is 12.1. The molecule has 0 fully saturated rings. The van der Waals surface area contributed by atoms with Gasteiger partial charge in [0.2, 0.25) is 0 Å². The maximum Gasteiger partial charge on any atom is 0.253 e. The molecule has 1 unspecified atom stereocenters. The smallest absolute Gasteiger partial charge is 0.253 e. The molecule has 0 heterocycles. The summed E-state index contributed by atoms with van der Waals surface area (Å²) in [6, 6.07) is 8.01. The van der Waals surface area contributed by atoms with Gasteiger partial charge in [0.15, 0.2) is 0 Å². The predicted octanol–water partition coefficient (Wildman–Crippen LogP) is -0.150. The lowest BCUT2D eigenvalue weighted by Crippen LogP contribution is -2.40. The van der Waals surface area contributed by atoms with E-state index < -0.39 is 16.1 Å². The van der Waals surface area contributed by atoms with Gasteiger partial charge in [-0.2, -0.15) is 0 Å². The Labute approximate surface area is 89.2 Å². The van der Waals surface area contributed by atoms with E-state index in [2.05, 4.69) is 10.3 Å². The summed E-state index contributed by atoms with van der Waals surface area (Å²) in [5.41, 5.74) is 2.44. The Hall–Kier alpha value is -0.950. The van der Waals surface area contributed by atoms with Gasteiger partial charge in [0, 0.05) is 6.54 Å². The van der Waals surface area contributed by atoms with Gasteiger partial charge < -0.3 is 5.11 Å². The molecule has 0 saturated heterocycles.